The molecule has 0 N–H and O–H groups in total. The van der Waals surface area contributed by atoms with Gasteiger partial charge in [-0.05, 0) is 52.6 Å². The van der Waals surface area contributed by atoms with Crippen LogP contribution in [0.15, 0.2) is 101 Å². The molecule has 0 unspecified atom stereocenters. The summed E-state index contributed by atoms with van der Waals surface area (Å²) in [5.41, 5.74) is 0.193. The number of non-ortho nitro benzene ring substituents is 1. The number of nitrogens with zero attached hydrogens (tertiary/aromatic N) is 5. The molecule has 0 radical (unpaired) electrons. The molecule has 8 rings (SSSR count). The normalized spacial score (nSPS) is 20.8. The number of thiazole rings is 1. The predicted octanol–water partition coefficient (Wildman–Crippen LogP) is 7.86. The van der Waals surface area contributed by atoms with Crippen LogP contribution in [0, 0.1) is 22.0 Å². The number of rotatable bonds is 14. The van der Waals surface area contributed by atoms with Gasteiger partial charge in [0.2, 0.25) is 5.91 Å². The number of aromatic nitrogens is 1. The quantitative estimate of drug-likeness (QED) is 0.0301. The second-order valence-electron chi connectivity index (χ2n) is 20.6. The number of benzene rings is 3. The molecule has 5 heterocycles. The first-order valence-electron chi connectivity index (χ1n) is 22.7. The topological polar surface area (TPSA) is 162 Å². The molecule has 4 aliphatic heterocycles. The number of likely N-dealkylation sites (tertiary alicyclic amines) is 1. The van der Waals surface area contributed by atoms with Crippen molar-refractivity contribution < 1.29 is 37.7 Å². The van der Waals surface area contributed by atoms with E-state index in [4.69, 9.17) is 18.6 Å². The van der Waals surface area contributed by atoms with Gasteiger partial charge in [0.1, 0.15) is 11.4 Å². The molecular weight excluding hydrogens is 923 g/mol. The fourth-order valence-corrected chi connectivity index (χ4v) is 17.8. The molecule has 354 valence electrons. The smallest absolute Gasteiger partial charge is 0.363 e. The van der Waals surface area contributed by atoms with Crippen LogP contribution >= 0.6 is 23.1 Å². The number of thioether (sulfide) groups is 1. The van der Waals surface area contributed by atoms with Crippen LogP contribution in [0.2, 0.25) is 23.2 Å². The molecule has 3 saturated heterocycles. The number of carbonyl (C=O) groups excluding carboxylic acids is 4. The first-order valence-corrected chi connectivity index (χ1v) is 29.3. The van der Waals surface area contributed by atoms with Gasteiger partial charge in [-0.15, -0.1) is 23.1 Å². The Balaban J connectivity index is 0.939. The van der Waals surface area contributed by atoms with Crippen molar-refractivity contribution in [2.45, 2.75) is 102 Å². The maximum atomic E-state index is 14.1. The number of nitro benzene ring substituents is 1. The van der Waals surface area contributed by atoms with Gasteiger partial charge < -0.3 is 28.3 Å². The Morgan fingerprint density at radius 3 is 1.99 bits per heavy atom. The summed E-state index contributed by atoms with van der Waals surface area (Å²) in [5, 5.41) is 15.9. The van der Waals surface area contributed by atoms with E-state index in [0.717, 1.165) is 5.13 Å². The summed E-state index contributed by atoms with van der Waals surface area (Å²) in [6, 6.07) is 25.4. The minimum atomic E-state index is -2.77. The van der Waals surface area contributed by atoms with E-state index >= 15 is 0 Å². The molecule has 1 aromatic heterocycles. The van der Waals surface area contributed by atoms with E-state index in [1.54, 1.807) is 10.3 Å². The predicted molar refractivity (Wildman–Crippen MR) is 266 cm³/mol. The minimum Gasteiger partial charge on any atom is -0.413 e. The van der Waals surface area contributed by atoms with Crippen LogP contribution in [0.3, 0.4) is 0 Å². The van der Waals surface area contributed by atoms with E-state index in [1.807, 2.05) is 26.0 Å². The molecule has 3 fully saturated rings. The first-order chi connectivity index (χ1) is 31.5. The van der Waals surface area contributed by atoms with Gasteiger partial charge in [0.15, 0.2) is 13.4 Å². The lowest BCUT2D eigenvalue weighted by atomic mass is 9.79. The average molecular weight is 982 g/mol. The van der Waals surface area contributed by atoms with E-state index in [0.29, 0.717) is 36.8 Å². The number of hydrogen-bond donors (Lipinski definition) is 0. The summed E-state index contributed by atoms with van der Waals surface area (Å²) in [4.78, 5) is 76.5. The zero-order chi connectivity index (χ0) is 48.4. The summed E-state index contributed by atoms with van der Waals surface area (Å²) in [6.45, 7) is 23.5. The van der Waals surface area contributed by atoms with Crippen molar-refractivity contribution in [3.63, 3.8) is 0 Å². The lowest BCUT2D eigenvalue weighted by Crippen LogP contribution is -2.71. The molecule has 4 atom stereocenters. The molecule has 18 heteroatoms. The van der Waals surface area contributed by atoms with Crippen molar-refractivity contribution in [1.82, 2.24) is 14.8 Å². The van der Waals surface area contributed by atoms with Crippen molar-refractivity contribution in [2.24, 2.45) is 11.8 Å². The van der Waals surface area contributed by atoms with Crippen molar-refractivity contribution in [3.8, 4) is 0 Å². The largest absolute Gasteiger partial charge is 0.413 e. The average Bonchev–Trinajstić information content (AvgIpc) is 3.82. The van der Waals surface area contributed by atoms with Gasteiger partial charge in [0.25, 0.3) is 19.9 Å². The Labute approximate surface area is 402 Å². The number of esters is 2. The van der Waals surface area contributed by atoms with Gasteiger partial charge in [-0.25, -0.2) is 14.6 Å². The monoisotopic (exact) mass is 981 g/mol. The van der Waals surface area contributed by atoms with Crippen LogP contribution in [0.4, 0.5) is 10.8 Å². The molecule has 0 aliphatic carbocycles. The number of amides is 2. The first kappa shape index (κ1) is 48.5. The highest BCUT2D eigenvalue weighted by atomic mass is 32.2. The minimum absolute atomic E-state index is 0.0107. The molecule has 0 bridgehead atoms. The number of hydrogen-bond acceptors (Lipinski definition) is 13. The number of nitro groups is 1. The molecule has 67 heavy (non-hydrogen) atoms. The van der Waals surface area contributed by atoms with Gasteiger partial charge in [-0.3, -0.25) is 19.7 Å². The van der Waals surface area contributed by atoms with Gasteiger partial charge in [0, 0.05) is 59.8 Å². The van der Waals surface area contributed by atoms with Crippen molar-refractivity contribution in [1.29, 1.82) is 0 Å². The van der Waals surface area contributed by atoms with E-state index in [9.17, 15) is 29.3 Å². The van der Waals surface area contributed by atoms with Crippen molar-refractivity contribution in [3.05, 3.63) is 122 Å². The fourth-order valence-electron chi connectivity index (χ4n) is 9.42. The standard InChI is InChI=1S/C49H59N5O9S2Si2/c1-30-40-39(31(2)62-66(9,10)48(3,4)5)44(56)53(40)41(46(58)61-45(57)32-21-23-33(24-22-32)54(59)60)42(30)65-35-27-52(28-35)47-50-38(29-64-47)43(55)51-25-34(26-51)63-67(49(6,7)8,36-17-13-11-14-18-36)37-19-15-12-16-20-37/h11-24,29-31,34-35,39-40H,25-28H2,1-10H3/t30-,31-,39-,40-/m1/s1. The maximum Gasteiger partial charge on any atom is 0.363 e. The number of anilines is 1. The summed E-state index contributed by atoms with van der Waals surface area (Å²) in [7, 11) is -5.03. The summed E-state index contributed by atoms with van der Waals surface area (Å²) in [6.07, 6.45) is -0.528. The molecule has 3 aromatic carbocycles. The highest BCUT2D eigenvalue weighted by Crippen LogP contribution is 2.53. The molecule has 0 spiro atoms. The van der Waals surface area contributed by atoms with E-state index in [-0.39, 0.29) is 62.2 Å². The molecule has 4 aliphatic rings. The maximum absolute atomic E-state index is 14.1. The molecular formula is C49H59N5O9S2Si2. The Morgan fingerprint density at radius 2 is 1.45 bits per heavy atom. The molecule has 2 amide bonds. The Morgan fingerprint density at radius 1 is 0.866 bits per heavy atom. The highest BCUT2D eigenvalue weighted by Gasteiger charge is 2.62. The summed E-state index contributed by atoms with van der Waals surface area (Å²) >= 11 is 2.91. The number of carbonyl (C=O) groups is 4. The SMILES string of the molecule is C[C@@H](O[Si](C)(C)C(C)(C)C)[C@H]1C(=O)N2C(C(=O)OC(=O)c3ccc([N+](=O)[O-])cc3)=C(SC3CN(c4nc(C(=O)N5CC(O[Si](c6ccccc6)(c6ccccc6)C(C)(C)C)C5)cs4)C3)[C@H](C)[C@H]12. The van der Waals surface area contributed by atoms with Crippen LogP contribution in [0.1, 0.15) is 76.2 Å². The van der Waals surface area contributed by atoms with Gasteiger partial charge in [0.05, 0.1) is 34.7 Å². The second kappa shape index (κ2) is 18.2. The van der Waals surface area contributed by atoms with Gasteiger partial charge >= 0.3 is 11.9 Å². The van der Waals surface area contributed by atoms with Crippen molar-refractivity contribution >= 4 is 84.7 Å². The summed E-state index contributed by atoms with van der Waals surface area (Å²) < 4.78 is 19.3. The van der Waals surface area contributed by atoms with Gasteiger partial charge in [-0.2, -0.15) is 0 Å². The van der Waals surface area contributed by atoms with Crippen LogP contribution in [0.25, 0.3) is 0 Å². The Hall–Kier alpha value is -4.99. The van der Waals surface area contributed by atoms with Crippen LogP contribution < -0.4 is 15.3 Å². The van der Waals surface area contributed by atoms with E-state index in [2.05, 4.69) is 108 Å². The fraction of sp³-hybridized carbons (Fsp3) is 0.449. The highest BCUT2D eigenvalue weighted by molar-refractivity contribution is 8.03. The molecule has 0 saturated carbocycles. The van der Waals surface area contributed by atoms with Gasteiger partial charge in [-0.1, -0.05) is 109 Å². The number of β-lactam (4-membered cyclic amide) rings is 1. The number of ether oxygens (including phenoxy) is 1. The van der Waals surface area contributed by atoms with Crippen molar-refractivity contribution in [2.75, 3.05) is 31.1 Å². The lowest BCUT2D eigenvalue weighted by molar-refractivity contribution is -0.384. The lowest BCUT2D eigenvalue weighted by Gasteiger charge is -2.50. The zero-order valence-electron chi connectivity index (χ0n) is 39.7. The second-order valence-corrected chi connectivity index (χ2v) is 31.8. The van der Waals surface area contributed by atoms with E-state index < -0.39 is 45.5 Å². The molecule has 4 aromatic rings. The zero-order valence-corrected chi connectivity index (χ0v) is 43.3. The Kier molecular flexibility index (Phi) is 13.1. The molecule has 14 nitrogen and oxygen atoms in total. The van der Waals surface area contributed by atoms with Crippen LogP contribution in [-0.2, 0) is 23.2 Å². The van der Waals surface area contributed by atoms with E-state index in [1.165, 1.54) is 62.6 Å². The third-order valence-electron chi connectivity index (χ3n) is 14.1. The third-order valence-corrected chi connectivity index (χ3v) is 26.1. The van der Waals surface area contributed by atoms with Crippen LogP contribution in [-0.4, -0.2) is 110 Å². The summed E-state index contributed by atoms with van der Waals surface area (Å²) in [5.74, 6) is -3.07. The Bertz CT molecular complexity index is 2550. The third kappa shape index (κ3) is 8.96. The number of fused-ring (bicyclic) bond motifs is 1. The van der Waals surface area contributed by atoms with Crippen LogP contribution in [0.5, 0.6) is 0 Å².